The topological polar surface area (TPSA) is 95.6 Å². The van der Waals surface area contributed by atoms with Crippen LogP contribution in [-0.4, -0.2) is 49.3 Å². The van der Waals surface area contributed by atoms with Gasteiger partial charge in [-0.15, -0.1) is 0 Å². The van der Waals surface area contributed by atoms with Gasteiger partial charge in [-0.1, -0.05) is 44.2 Å². The Morgan fingerprint density at radius 1 is 1.10 bits per heavy atom. The number of benzene rings is 1. The van der Waals surface area contributed by atoms with Crippen LogP contribution in [0.25, 0.3) is 0 Å². The van der Waals surface area contributed by atoms with Gasteiger partial charge in [-0.25, -0.2) is 9.78 Å². The maximum atomic E-state index is 12.7. The molecule has 2 aromatic rings. The summed E-state index contributed by atoms with van der Waals surface area (Å²) in [6.45, 7) is 7.16. The van der Waals surface area contributed by atoms with Gasteiger partial charge in [0.2, 0.25) is 5.91 Å². The summed E-state index contributed by atoms with van der Waals surface area (Å²) in [7, 11) is 0. The van der Waals surface area contributed by atoms with E-state index in [-0.39, 0.29) is 17.9 Å². The quantitative estimate of drug-likeness (QED) is 0.650. The highest BCUT2D eigenvalue weighted by molar-refractivity contribution is 5.97. The SMILES string of the molecule is CC(C)C(NC(=O)NCc1ccccc1)C(=O)Nc1ccc(N2CCOCC2)nc1. The molecule has 0 saturated carbocycles. The number of carbonyl (C=O) groups excluding carboxylic acids is 2. The number of hydrogen-bond donors (Lipinski definition) is 3. The van der Waals surface area contributed by atoms with E-state index < -0.39 is 6.04 Å². The maximum Gasteiger partial charge on any atom is 0.315 e. The number of ether oxygens (including phenoxy) is 1. The number of rotatable bonds is 7. The summed E-state index contributed by atoms with van der Waals surface area (Å²) in [4.78, 5) is 31.6. The number of urea groups is 1. The molecular weight excluding hydrogens is 382 g/mol. The summed E-state index contributed by atoms with van der Waals surface area (Å²) >= 11 is 0. The Kier molecular flexibility index (Phi) is 7.62. The van der Waals surface area contributed by atoms with Gasteiger partial charge in [0.05, 0.1) is 25.1 Å². The van der Waals surface area contributed by atoms with Crippen LogP contribution in [0, 0.1) is 5.92 Å². The third-order valence-electron chi connectivity index (χ3n) is 4.88. The molecule has 0 aliphatic carbocycles. The third-order valence-corrected chi connectivity index (χ3v) is 4.88. The van der Waals surface area contributed by atoms with Gasteiger partial charge in [0.25, 0.3) is 0 Å². The molecule has 3 N–H and O–H groups in total. The van der Waals surface area contributed by atoms with Crippen LogP contribution < -0.4 is 20.9 Å². The number of nitrogens with zero attached hydrogens (tertiary/aromatic N) is 2. The molecule has 8 nitrogen and oxygen atoms in total. The van der Waals surface area contributed by atoms with E-state index >= 15 is 0 Å². The van der Waals surface area contributed by atoms with Gasteiger partial charge in [-0.3, -0.25) is 4.79 Å². The predicted molar refractivity (Wildman–Crippen MR) is 116 cm³/mol. The monoisotopic (exact) mass is 411 g/mol. The molecule has 0 radical (unpaired) electrons. The Bertz CT molecular complexity index is 820. The average Bonchev–Trinajstić information content (AvgIpc) is 2.77. The van der Waals surface area contributed by atoms with Crippen molar-refractivity contribution in [2.75, 3.05) is 36.5 Å². The molecule has 1 aromatic carbocycles. The molecule has 8 heteroatoms. The van der Waals surface area contributed by atoms with E-state index in [9.17, 15) is 9.59 Å². The third kappa shape index (κ3) is 6.18. The summed E-state index contributed by atoms with van der Waals surface area (Å²) in [5.41, 5.74) is 1.58. The van der Waals surface area contributed by atoms with Crippen molar-refractivity contribution in [3.05, 3.63) is 54.2 Å². The number of anilines is 2. The summed E-state index contributed by atoms with van der Waals surface area (Å²) in [5, 5.41) is 8.40. The Morgan fingerprint density at radius 3 is 2.47 bits per heavy atom. The lowest BCUT2D eigenvalue weighted by molar-refractivity contribution is -0.118. The van der Waals surface area contributed by atoms with Crippen molar-refractivity contribution < 1.29 is 14.3 Å². The molecule has 30 heavy (non-hydrogen) atoms. The van der Waals surface area contributed by atoms with E-state index in [2.05, 4.69) is 25.8 Å². The molecule has 2 heterocycles. The van der Waals surface area contributed by atoms with Crippen LogP contribution in [0.2, 0.25) is 0 Å². The highest BCUT2D eigenvalue weighted by Gasteiger charge is 2.24. The van der Waals surface area contributed by atoms with Crippen molar-refractivity contribution in [3.8, 4) is 0 Å². The van der Waals surface area contributed by atoms with Crippen molar-refractivity contribution in [2.24, 2.45) is 5.92 Å². The number of amides is 3. The summed E-state index contributed by atoms with van der Waals surface area (Å²) in [6, 6.07) is 12.3. The molecule has 1 aromatic heterocycles. The van der Waals surface area contributed by atoms with Crippen molar-refractivity contribution in [2.45, 2.75) is 26.4 Å². The zero-order valence-electron chi connectivity index (χ0n) is 17.4. The molecule has 1 unspecified atom stereocenters. The Balaban J connectivity index is 1.53. The maximum absolute atomic E-state index is 12.7. The first-order valence-electron chi connectivity index (χ1n) is 10.2. The van der Waals surface area contributed by atoms with Crippen molar-refractivity contribution in [3.63, 3.8) is 0 Å². The summed E-state index contributed by atoms with van der Waals surface area (Å²) in [5.74, 6) is 0.504. The zero-order valence-corrected chi connectivity index (χ0v) is 17.4. The lowest BCUT2D eigenvalue weighted by atomic mass is 10.0. The van der Waals surface area contributed by atoms with E-state index in [1.54, 1.807) is 6.20 Å². The normalized spacial score (nSPS) is 14.8. The second-order valence-electron chi connectivity index (χ2n) is 7.53. The van der Waals surface area contributed by atoms with E-state index in [0.29, 0.717) is 25.4 Å². The van der Waals surface area contributed by atoms with Crippen molar-refractivity contribution in [1.29, 1.82) is 0 Å². The van der Waals surface area contributed by atoms with Crippen molar-refractivity contribution >= 4 is 23.4 Å². The molecular formula is C22H29N5O3. The van der Waals surface area contributed by atoms with E-state index in [1.807, 2.05) is 56.3 Å². The van der Waals surface area contributed by atoms with Gasteiger partial charge in [0.1, 0.15) is 11.9 Å². The van der Waals surface area contributed by atoms with Crippen molar-refractivity contribution in [1.82, 2.24) is 15.6 Å². The number of aromatic nitrogens is 1. The lowest BCUT2D eigenvalue weighted by Crippen LogP contribution is -2.50. The highest BCUT2D eigenvalue weighted by Crippen LogP contribution is 2.16. The van der Waals surface area contributed by atoms with Gasteiger partial charge in [-0.2, -0.15) is 0 Å². The molecule has 1 saturated heterocycles. The predicted octanol–water partition coefficient (Wildman–Crippen LogP) is 2.38. The van der Waals surface area contributed by atoms with Crippen LogP contribution in [0.5, 0.6) is 0 Å². The fourth-order valence-electron chi connectivity index (χ4n) is 3.16. The smallest absolute Gasteiger partial charge is 0.315 e. The lowest BCUT2D eigenvalue weighted by Gasteiger charge is -2.27. The minimum atomic E-state index is -0.667. The minimum Gasteiger partial charge on any atom is -0.378 e. The number of carbonyl (C=O) groups is 2. The second kappa shape index (κ2) is 10.6. The molecule has 0 spiro atoms. The Hall–Kier alpha value is -3.13. The number of morpholine rings is 1. The Labute approximate surface area is 177 Å². The van der Waals surface area contributed by atoms with Gasteiger partial charge in [0.15, 0.2) is 0 Å². The van der Waals surface area contributed by atoms with Crippen LogP contribution in [0.15, 0.2) is 48.7 Å². The first kappa shape index (κ1) is 21.6. The van der Waals surface area contributed by atoms with Gasteiger partial charge < -0.3 is 25.6 Å². The summed E-state index contributed by atoms with van der Waals surface area (Å²) in [6.07, 6.45) is 1.63. The van der Waals surface area contributed by atoms with Gasteiger partial charge in [0, 0.05) is 19.6 Å². The molecule has 0 bridgehead atoms. The van der Waals surface area contributed by atoms with Crippen LogP contribution >= 0.6 is 0 Å². The molecule has 3 rings (SSSR count). The average molecular weight is 412 g/mol. The number of nitrogens with one attached hydrogen (secondary N) is 3. The second-order valence-corrected chi connectivity index (χ2v) is 7.53. The number of pyridine rings is 1. The van der Waals surface area contributed by atoms with E-state index in [4.69, 9.17) is 4.74 Å². The van der Waals surface area contributed by atoms with Crippen LogP contribution in [0.1, 0.15) is 19.4 Å². The van der Waals surface area contributed by atoms with Crippen LogP contribution in [0.4, 0.5) is 16.3 Å². The van der Waals surface area contributed by atoms with Gasteiger partial charge in [-0.05, 0) is 23.6 Å². The largest absolute Gasteiger partial charge is 0.378 e. The first-order valence-corrected chi connectivity index (χ1v) is 10.2. The zero-order chi connectivity index (χ0) is 21.3. The fourth-order valence-corrected chi connectivity index (χ4v) is 3.16. The molecule has 1 atom stereocenters. The fraction of sp³-hybridized carbons (Fsp3) is 0.409. The summed E-state index contributed by atoms with van der Waals surface area (Å²) < 4.78 is 5.35. The number of hydrogen-bond acceptors (Lipinski definition) is 5. The molecule has 1 fully saturated rings. The standard InChI is InChI=1S/C22H29N5O3/c1-16(2)20(26-22(29)24-14-17-6-4-3-5-7-17)21(28)25-18-8-9-19(23-15-18)27-10-12-30-13-11-27/h3-9,15-16,20H,10-14H2,1-2H3,(H,25,28)(H2,24,26,29). The van der Waals surface area contributed by atoms with E-state index in [1.165, 1.54) is 0 Å². The highest BCUT2D eigenvalue weighted by atomic mass is 16.5. The van der Waals surface area contributed by atoms with Crippen LogP contribution in [-0.2, 0) is 16.1 Å². The van der Waals surface area contributed by atoms with E-state index in [0.717, 1.165) is 24.5 Å². The molecule has 160 valence electrons. The Morgan fingerprint density at radius 2 is 1.83 bits per heavy atom. The minimum absolute atomic E-state index is 0.0759. The molecule has 3 amide bonds. The van der Waals surface area contributed by atoms with Gasteiger partial charge >= 0.3 is 6.03 Å². The molecule has 1 aliphatic rings. The first-order chi connectivity index (χ1) is 14.5. The molecule has 1 aliphatic heterocycles. The van der Waals surface area contributed by atoms with Crippen LogP contribution in [0.3, 0.4) is 0 Å².